The second-order valence-corrected chi connectivity index (χ2v) is 5.84. The predicted octanol–water partition coefficient (Wildman–Crippen LogP) is 0.907. The van der Waals surface area contributed by atoms with Crippen molar-refractivity contribution in [2.45, 2.75) is 33.3 Å². The van der Waals surface area contributed by atoms with Crippen LogP contribution < -0.4 is 4.90 Å². The normalized spacial score (nSPS) is 21.6. The molecule has 1 fully saturated rings. The second kappa shape index (κ2) is 5.90. The van der Waals surface area contributed by atoms with Gasteiger partial charge in [0.15, 0.2) is 0 Å². The smallest absolute Gasteiger partial charge is 0.267 e. The quantitative estimate of drug-likeness (QED) is 0.812. The molecule has 1 atom stereocenters. The third kappa shape index (κ3) is 2.75. The molecule has 2 aliphatic rings. The summed E-state index contributed by atoms with van der Waals surface area (Å²) in [5.74, 6) is 1.01. The van der Waals surface area contributed by atoms with Crippen molar-refractivity contribution in [1.29, 1.82) is 0 Å². The van der Waals surface area contributed by atoms with Gasteiger partial charge in [0.25, 0.3) is 5.91 Å². The number of nitrogens with zero attached hydrogens (tertiary/aromatic N) is 5. The molecule has 1 aromatic heterocycles. The molecule has 0 N–H and O–H groups in total. The molecule has 1 unspecified atom stereocenters. The van der Waals surface area contributed by atoms with E-state index in [1.54, 1.807) is 6.33 Å². The summed E-state index contributed by atoms with van der Waals surface area (Å²) in [6, 6.07) is 0. The molecular formula is C15H21N5O2. The average molecular weight is 303 g/mol. The summed E-state index contributed by atoms with van der Waals surface area (Å²) in [6.45, 7) is 8.81. The van der Waals surface area contributed by atoms with Crippen LogP contribution >= 0.6 is 0 Å². The van der Waals surface area contributed by atoms with Gasteiger partial charge in [-0.25, -0.2) is 9.97 Å². The topological polar surface area (TPSA) is 70.9 Å². The van der Waals surface area contributed by atoms with Gasteiger partial charge in [-0.3, -0.25) is 4.79 Å². The zero-order valence-corrected chi connectivity index (χ0v) is 13.2. The highest BCUT2D eigenvalue weighted by Crippen LogP contribution is 2.21. The molecule has 1 saturated heterocycles. The van der Waals surface area contributed by atoms with Crippen molar-refractivity contribution in [3.63, 3.8) is 0 Å². The molecule has 1 aromatic rings. The average Bonchev–Trinajstić information content (AvgIpc) is 2.96. The van der Waals surface area contributed by atoms with Gasteiger partial charge >= 0.3 is 0 Å². The standard InChI is InChI=1S/C15H21N5O2/c1-10-8-13(22-18-10)15(21)20-6-4-19(5-7-20)14-11(2)12(3)16-9-17-14/h9,13H,4-8H2,1-3H3. The van der Waals surface area contributed by atoms with Crippen LogP contribution in [0, 0.1) is 13.8 Å². The van der Waals surface area contributed by atoms with Crippen LogP contribution in [0.2, 0.25) is 0 Å². The molecule has 0 radical (unpaired) electrons. The van der Waals surface area contributed by atoms with E-state index in [9.17, 15) is 4.79 Å². The SMILES string of the molecule is CC1=NOC(C(=O)N2CCN(c3ncnc(C)c3C)CC2)C1. The molecule has 118 valence electrons. The number of aromatic nitrogens is 2. The highest BCUT2D eigenvalue weighted by molar-refractivity contribution is 5.91. The summed E-state index contributed by atoms with van der Waals surface area (Å²) in [7, 11) is 0. The van der Waals surface area contributed by atoms with Crippen LogP contribution in [0.4, 0.5) is 5.82 Å². The minimum absolute atomic E-state index is 0.0378. The number of carbonyl (C=O) groups excluding carboxylic acids is 1. The monoisotopic (exact) mass is 303 g/mol. The van der Waals surface area contributed by atoms with Gasteiger partial charge in [0.2, 0.25) is 6.10 Å². The van der Waals surface area contributed by atoms with E-state index in [1.165, 1.54) is 0 Å². The highest BCUT2D eigenvalue weighted by atomic mass is 16.6. The first-order chi connectivity index (χ1) is 10.6. The maximum atomic E-state index is 12.4. The molecular weight excluding hydrogens is 282 g/mol. The predicted molar refractivity (Wildman–Crippen MR) is 82.9 cm³/mol. The van der Waals surface area contributed by atoms with E-state index in [-0.39, 0.29) is 5.91 Å². The fraction of sp³-hybridized carbons (Fsp3) is 0.600. The number of hydrogen-bond donors (Lipinski definition) is 0. The molecule has 0 saturated carbocycles. The molecule has 0 spiro atoms. The molecule has 3 heterocycles. The molecule has 7 heteroatoms. The Morgan fingerprint density at radius 2 is 1.91 bits per heavy atom. The summed E-state index contributed by atoms with van der Waals surface area (Å²) < 4.78 is 0. The van der Waals surface area contributed by atoms with Gasteiger partial charge in [-0.15, -0.1) is 0 Å². The van der Waals surface area contributed by atoms with Crippen LogP contribution in [0.5, 0.6) is 0 Å². The summed E-state index contributed by atoms with van der Waals surface area (Å²) in [4.78, 5) is 30.2. The van der Waals surface area contributed by atoms with Crippen molar-refractivity contribution in [2.75, 3.05) is 31.1 Å². The molecule has 0 bridgehead atoms. The molecule has 22 heavy (non-hydrogen) atoms. The Hall–Kier alpha value is -2.18. The largest absolute Gasteiger partial charge is 0.382 e. The van der Waals surface area contributed by atoms with Crippen molar-refractivity contribution in [3.05, 3.63) is 17.6 Å². The molecule has 0 aliphatic carbocycles. The zero-order valence-electron chi connectivity index (χ0n) is 13.2. The van der Waals surface area contributed by atoms with E-state index >= 15 is 0 Å². The number of oxime groups is 1. The van der Waals surface area contributed by atoms with Gasteiger partial charge in [0.1, 0.15) is 12.1 Å². The lowest BCUT2D eigenvalue weighted by Crippen LogP contribution is -2.52. The minimum atomic E-state index is -0.436. The summed E-state index contributed by atoms with van der Waals surface area (Å²) in [6.07, 6.45) is 1.76. The van der Waals surface area contributed by atoms with Crippen LogP contribution in [0.1, 0.15) is 24.6 Å². The Balaban J connectivity index is 1.61. The maximum absolute atomic E-state index is 12.4. The number of rotatable bonds is 2. The van der Waals surface area contributed by atoms with Crippen molar-refractivity contribution in [1.82, 2.24) is 14.9 Å². The van der Waals surface area contributed by atoms with Gasteiger partial charge in [0.05, 0.1) is 5.71 Å². The number of amides is 1. The van der Waals surface area contributed by atoms with E-state index in [4.69, 9.17) is 4.84 Å². The molecule has 7 nitrogen and oxygen atoms in total. The van der Waals surface area contributed by atoms with Crippen molar-refractivity contribution >= 4 is 17.4 Å². The molecule has 0 aromatic carbocycles. The maximum Gasteiger partial charge on any atom is 0.267 e. The third-order valence-electron chi connectivity index (χ3n) is 4.29. The van der Waals surface area contributed by atoms with Gasteiger partial charge in [-0.05, 0) is 20.8 Å². The Morgan fingerprint density at radius 1 is 1.18 bits per heavy atom. The summed E-state index contributed by atoms with van der Waals surface area (Å²) in [5, 5.41) is 3.86. The molecule has 1 amide bonds. The van der Waals surface area contributed by atoms with Crippen LogP contribution in [0.15, 0.2) is 11.5 Å². The Labute approximate surface area is 130 Å². The number of anilines is 1. The van der Waals surface area contributed by atoms with Crippen molar-refractivity contribution in [2.24, 2.45) is 5.16 Å². The van der Waals surface area contributed by atoms with Gasteiger partial charge in [0, 0.05) is 43.9 Å². The fourth-order valence-corrected chi connectivity index (χ4v) is 2.82. The number of piperazine rings is 1. The Morgan fingerprint density at radius 3 is 2.55 bits per heavy atom. The first-order valence-corrected chi connectivity index (χ1v) is 7.57. The third-order valence-corrected chi connectivity index (χ3v) is 4.29. The van der Waals surface area contributed by atoms with Gasteiger partial charge < -0.3 is 14.6 Å². The lowest BCUT2D eigenvalue weighted by molar-refractivity contribution is -0.142. The van der Waals surface area contributed by atoms with E-state index in [1.807, 2.05) is 25.7 Å². The van der Waals surface area contributed by atoms with Crippen LogP contribution in [0.3, 0.4) is 0 Å². The minimum Gasteiger partial charge on any atom is -0.382 e. The van der Waals surface area contributed by atoms with E-state index in [0.29, 0.717) is 19.5 Å². The van der Waals surface area contributed by atoms with Crippen LogP contribution in [0.25, 0.3) is 0 Å². The van der Waals surface area contributed by atoms with Crippen LogP contribution in [-0.2, 0) is 9.63 Å². The van der Waals surface area contributed by atoms with Gasteiger partial charge in [-0.1, -0.05) is 5.16 Å². The van der Waals surface area contributed by atoms with E-state index in [0.717, 1.165) is 35.9 Å². The van der Waals surface area contributed by atoms with Crippen LogP contribution in [-0.4, -0.2) is 58.8 Å². The first kappa shape index (κ1) is 14.7. The highest BCUT2D eigenvalue weighted by Gasteiger charge is 2.32. The molecule has 2 aliphatic heterocycles. The Kier molecular flexibility index (Phi) is 3.96. The van der Waals surface area contributed by atoms with E-state index in [2.05, 4.69) is 20.0 Å². The van der Waals surface area contributed by atoms with E-state index < -0.39 is 6.10 Å². The zero-order chi connectivity index (χ0) is 15.7. The van der Waals surface area contributed by atoms with Crippen molar-refractivity contribution < 1.29 is 9.63 Å². The first-order valence-electron chi connectivity index (χ1n) is 7.57. The second-order valence-electron chi connectivity index (χ2n) is 5.84. The molecule has 3 rings (SSSR count). The Bertz CT molecular complexity index is 608. The number of hydrogen-bond acceptors (Lipinski definition) is 6. The summed E-state index contributed by atoms with van der Waals surface area (Å²) in [5.41, 5.74) is 2.98. The lowest BCUT2D eigenvalue weighted by atomic mass is 10.1. The lowest BCUT2D eigenvalue weighted by Gasteiger charge is -2.36. The fourth-order valence-electron chi connectivity index (χ4n) is 2.82. The number of aryl methyl sites for hydroxylation is 1. The van der Waals surface area contributed by atoms with Gasteiger partial charge in [-0.2, -0.15) is 0 Å². The number of carbonyl (C=O) groups is 1. The summed E-state index contributed by atoms with van der Waals surface area (Å²) >= 11 is 0. The van der Waals surface area contributed by atoms with Crippen molar-refractivity contribution in [3.8, 4) is 0 Å².